The summed E-state index contributed by atoms with van der Waals surface area (Å²) in [5.74, 6) is 0.295. The summed E-state index contributed by atoms with van der Waals surface area (Å²) in [7, 11) is -3.14. The van der Waals surface area contributed by atoms with Crippen LogP contribution < -0.4 is 0 Å². The van der Waals surface area contributed by atoms with Crippen LogP contribution in [0.15, 0.2) is 36.8 Å². The molecular formula is C20H25N3O3S. The molecule has 6 nitrogen and oxygen atoms in total. The first-order valence-electron chi connectivity index (χ1n) is 9.74. The molecule has 1 spiro atoms. The summed E-state index contributed by atoms with van der Waals surface area (Å²) < 4.78 is 28.0. The molecule has 1 saturated carbocycles. The van der Waals surface area contributed by atoms with Crippen molar-refractivity contribution < 1.29 is 13.5 Å². The third-order valence-corrected chi connectivity index (χ3v) is 8.96. The van der Waals surface area contributed by atoms with Gasteiger partial charge in [-0.1, -0.05) is 24.3 Å². The van der Waals surface area contributed by atoms with Crippen LogP contribution in [0.1, 0.15) is 37.8 Å². The normalized spacial score (nSPS) is 29.3. The Balaban J connectivity index is 1.37. The number of benzene rings is 1. The molecule has 1 aromatic heterocycles. The number of sulfonamides is 1. The predicted octanol–water partition coefficient (Wildman–Crippen LogP) is 2.27. The molecule has 0 amide bonds. The van der Waals surface area contributed by atoms with Crippen LogP contribution in [0.2, 0.25) is 0 Å². The Kier molecular flexibility index (Phi) is 3.80. The van der Waals surface area contributed by atoms with E-state index in [1.165, 1.54) is 11.1 Å². The lowest BCUT2D eigenvalue weighted by molar-refractivity contribution is -0.152. The number of hydrogen-bond donors (Lipinski definition) is 1. The number of hydrogen-bond acceptors (Lipinski definition) is 4. The maximum atomic E-state index is 12.1. The minimum Gasteiger partial charge on any atom is -0.392 e. The van der Waals surface area contributed by atoms with Crippen LogP contribution >= 0.6 is 0 Å². The average Bonchev–Trinajstić information content (AvgIpc) is 3.27. The Morgan fingerprint density at radius 2 is 2.00 bits per heavy atom. The van der Waals surface area contributed by atoms with E-state index in [0.717, 1.165) is 25.0 Å². The first-order chi connectivity index (χ1) is 13.0. The zero-order valence-electron chi connectivity index (χ0n) is 15.5. The molecule has 3 aliphatic rings. The second kappa shape index (κ2) is 5.90. The Morgan fingerprint density at radius 3 is 2.70 bits per heavy atom. The Hall–Kier alpha value is -1.70. The maximum absolute atomic E-state index is 12.1. The van der Waals surface area contributed by atoms with Crippen molar-refractivity contribution in [2.45, 2.75) is 38.3 Å². The van der Waals surface area contributed by atoms with E-state index in [4.69, 9.17) is 0 Å². The van der Waals surface area contributed by atoms with E-state index in [1.807, 2.05) is 18.6 Å². The fourth-order valence-corrected chi connectivity index (χ4v) is 6.59. The van der Waals surface area contributed by atoms with Gasteiger partial charge in [-0.15, -0.1) is 0 Å². The van der Waals surface area contributed by atoms with Crippen molar-refractivity contribution in [1.29, 1.82) is 0 Å². The van der Waals surface area contributed by atoms with Crippen molar-refractivity contribution in [1.82, 2.24) is 13.9 Å². The molecule has 2 aliphatic heterocycles. The van der Waals surface area contributed by atoms with Crippen molar-refractivity contribution in [3.05, 3.63) is 42.4 Å². The molecule has 1 aromatic carbocycles. The molecular weight excluding hydrogens is 362 g/mol. The number of nitrogens with zero attached hydrogens (tertiary/aromatic N) is 3. The summed E-state index contributed by atoms with van der Waals surface area (Å²) in [5.41, 5.74) is 3.45. The van der Waals surface area contributed by atoms with Crippen molar-refractivity contribution in [3.63, 3.8) is 0 Å². The second-order valence-electron chi connectivity index (χ2n) is 8.19. The minimum absolute atomic E-state index is 0.122. The van der Waals surface area contributed by atoms with Crippen LogP contribution in [0.5, 0.6) is 0 Å². The van der Waals surface area contributed by atoms with Crippen molar-refractivity contribution in [3.8, 4) is 11.3 Å². The first kappa shape index (κ1) is 17.4. The van der Waals surface area contributed by atoms with Gasteiger partial charge < -0.3 is 9.67 Å². The van der Waals surface area contributed by atoms with Gasteiger partial charge in [0.2, 0.25) is 10.0 Å². The minimum atomic E-state index is -3.14. The molecule has 0 bridgehead atoms. The molecule has 1 aliphatic carbocycles. The van der Waals surface area contributed by atoms with Gasteiger partial charge in [-0.2, -0.15) is 0 Å². The van der Waals surface area contributed by atoms with Crippen molar-refractivity contribution >= 4 is 10.0 Å². The average molecular weight is 388 g/mol. The van der Waals surface area contributed by atoms with Gasteiger partial charge in [-0.05, 0) is 37.2 Å². The van der Waals surface area contributed by atoms with Gasteiger partial charge in [0.15, 0.2) is 0 Å². The molecule has 7 heteroatoms. The van der Waals surface area contributed by atoms with Gasteiger partial charge in [0.25, 0.3) is 0 Å². The molecule has 1 N–H and O–H groups in total. The highest BCUT2D eigenvalue weighted by Crippen LogP contribution is 2.59. The quantitative estimate of drug-likeness (QED) is 0.877. The molecule has 3 atom stereocenters. The van der Waals surface area contributed by atoms with Crippen LogP contribution in [-0.4, -0.2) is 52.3 Å². The second-order valence-corrected chi connectivity index (χ2v) is 10.5. The van der Waals surface area contributed by atoms with Gasteiger partial charge in [-0.3, -0.25) is 0 Å². The molecule has 27 heavy (non-hydrogen) atoms. The summed E-state index contributed by atoms with van der Waals surface area (Å²) in [6.07, 6.45) is 5.78. The molecule has 2 aromatic rings. The highest BCUT2D eigenvalue weighted by molar-refractivity contribution is 7.89. The third kappa shape index (κ3) is 2.38. The zero-order valence-corrected chi connectivity index (χ0v) is 16.3. The largest absolute Gasteiger partial charge is 0.392 e. The lowest BCUT2D eigenvalue weighted by atomic mass is 9.53. The first-order valence-corrected chi connectivity index (χ1v) is 11.3. The topological polar surface area (TPSA) is 75.4 Å². The van der Waals surface area contributed by atoms with Gasteiger partial charge in [0, 0.05) is 24.6 Å². The summed E-state index contributed by atoms with van der Waals surface area (Å²) in [4.78, 5) is 4.32. The van der Waals surface area contributed by atoms with E-state index in [-0.39, 0.29) is 23.1 Å². The number of aliphatic hydroxyl groups excluding tert-OH is 1. The van der Waals surface area contributed by atoms with Gasteiger partial charge in [-0.25, -0.2) is 17.7 Å². The van der Waals surface area contributed by atoms with Crippen molar-refractivity contribution in [2.75, 3.05) is 18.8 Å². The Bertz CT molecular complexity index is 976. The Labute approximate surface area is 159 Å². The highest BCUT2D eigenvalue weighted by Gasteiger charge is 2.58. The summed E-state index contributed by atoms with van der Waals surface area (Å²) in [5, 5.41) is 11.2. The van der Waals surface area contributed by atoms with Crippen molar-refractivity contribution in [2.24, 2.45) is 11.3 Å². The van der Waals surface area contributed by atoms with Crippen LogP contribution in [0, 0.1) is 11.3 Å². The van der Waals surface area contributed by atoms with E-state index in [0.29, 0.717) is 13.1 Å². The maximum Gasteiger partial charge on any atom is 0.213 e. The monoisotopic (exact) mass is 387 g/mol. The van der Waals surface area contributed by atoms with E-state index >= 15 is 0 Å². The summed E-state index contributed by atoms with van der Waals surface area (Å²) >= 11 is 0. The van der Waals surface area contributed by atoms with E-state index < -0.39 is 16.1 Å². The standard InChI is InChI=1S/C20H25N3O3S/c1-2-27(25,26)22-9-7-20(8-10-22)11-16(19(20)24)18-15-6-4-3-5-14(15)17-12-21-13-23(17)18/h3-6,12-13,16,18-19,24H,2,7-11H2,1H3. The van der Waals surface area contributed by atoms with E-state index in [1.54, 1.807) is 11.2 Å². The number of piperidine rings is 1. The molecule has 0 radical (unpaired) electrons. The fourth-order valence-electron chi connectivity index (χ4n) is 5.48. The predicted molar refractivity (Wildman–Crippen MR) is 103 cm³/mol. The SMILES string of the molecule is CCS(=O)(=O)N1CCC2(CC1)CC(C1c3ccccc3-c3cncn31)C2O. The zero-order chi connectivity index (χ0) is 18.8. The van der Waals surface area contributed by atoms with Crippen LogP contribution in [0.25, 0.3) is 11.3 Å². The molecule has 2 fully saturated rings. The third-order valence-electron chi connectivity index (χ3n) is 7.08. The lowest BCUT2D eigenvalue weighted by Crippen LogP contribution is -2.59. The number of aromatic nitrogens is 2. The van der Waals surface area contributed by atoms with Crippen LogP contribution in [-0.2, 0) is 10.0 Å². The highest BCUT2D eigenvalue weighted by atomic mass is 32.2. The number of fused-ring (bicyclic) bond motifs is 3. The van der Waals surface area contributed by atoms with Crippen LogP contribution in [0.3, 0.4) is 0 Å². The number of rotatable bonds is 3. The number of aliphatic hydroxyl groups is 1. The van der Waals surface area contributed by atoms with E-state index in [9.17, 15) is 13.5 Å². The smallest absolute Gasteiger partial charge is 0.213 e. The van der Waals surface area contributed by atoms with E-state index in [2.05, 4.69) is 27.8 Å². The molecule has 3 unspecified atom stereocenters. The summed E-state index contributed by atoms with van der Waals surface area (Å²) in [6, 6.07) is 8.50. The lowest BCUT2D eigenvalue weighted by Gasteiger charge is -2.57. The van der Waals surface area contributed by atoms with Gasteiger partial charge in [0.05, 0.1) is 36.1 Å². The molecule has 5 rings (SSSR count). The summed E-state index contributed by atoms with van der Waals surface area (Å²) in [6.45, 7) is 2.74. The molecule has 144 valence electrons. The molecule has 3 heterocycles. The van der Waals surface area contributed by atoms with Gasteiger partial charge in [0.1, 0.15) is 0 Å². The number of imidazole rings is 1. The van der Waals surface area contributed by atoms with Gasteiger partial charge >= 0.3 is 0 Å². The Morgan fingerprint density at radius 1 is 1.26 bits per heavy atom. The molecule has 1 saturated heterocycles. The fraction of sp³-hybridized carbons (Fsp3) is 0.550. The van der Waals surface area contributed by atoms with Crippen LogP contribution in [0.4, 0.5) is 0 Å².